The zero-order valence-electron chi connectivity index (χ0n) is 14.6. The summed E-state index contributed by atoms with van der Waals surface area (Å²) in [4.78, 5) is 26.6. The molecule has 144 valence electrons. The summed E-state index contributed by atoms with van der Waals surface area (Å²) in [6.45, 7) is 0.0952. The number of ether oxygens (including phenoxy) is 1. The molecule has 2 N–H and O–H groups in total. The lowest BCUT2D eigenvalue weighted by molar-refractivity contribution is -0.138. The van der Waals surface area contributed by atoms with Gasteiger partial charge in [0.25, 0.3) is 0 Å². The van der Waals surface area contributed by atoms with Crippen LogP contribution in [0.15, 0.2) is 48.8 Å². The van der Waals surface area contributed by atoms with Crippen LogP contribution in [-0.4, -0.2) is 22.0 Å². The second kappa shape index (κ2) is 8.91. The van der Waals surface area contributed by atoms with Gasteiger partial charge in [-0.05, 0) is 24.3 Å². The Balaban J connectivity index is 1.78. The van der Waals surface area contributed by atoms with Crippen LogP contribution < -0.4 is 10.1 Å². The van der Waals surface area contributed by atoms with E-state index in [0.717, 1.165) is 10.8 Å². The summed E-state index contributed by atoms with van der Waals surface area (Å²) >= 11 is 12.7. The molecule has 0 bridgehead atoms. The lowest BCUT2D eigenvalue weighted by atomic mass is 10.1. The van der Waals surface area contributed by atoms with E-state index in [2.05, 4.69) is 10.3 Å². The summed E-state index contributed by atoms with van der Waals surface area (Å²) in [5.41, 5.74) is 0.868. The summed E-state index contributed by atoms with van der Waals surface area (Å²) in [7, 11) is 0. The smallest absolute Gasteiger partial charge is 0.303 e. The standard InChI is InChI=1S/C20H16Cl2N2O4/c21-15-4-5-16(24-18(25)6-7-19(26)27)20(22)14(15)11-28-17-3-1-2-12-10-23-9-8-13(12)17/h1-5,8-10H,6-7,11H2,(H,24,25)(H,26,27). The number of nitrogens with zero attached hydrogens (tertiary/aromatic N) is 1. The van der Waals surface area contributed by atoms with Gasteiger partial charge in [0.05, 0.1) is 17.1 Å². The average molecular weight is 419 g/mol. The van der Waals surface area contributed by atoms with E-state index < -0.39 is 11.9 Å². The molecule has 0 fully saturated rings. The van der Waals surface area contributed by atoms with Crippen LogP contribution in [0, 0.1) is 0 Å². The molecule has 8 heteroatoms. The van der Waals surface area contributed by atoms with Crippen molar-refractivity contribution in [2.45, 2.75) is 19.4 Å². The Labute approximate surface area is 171 Å². The number of rotatable bonds is 7. The minimum absolute atomic E-state index is 0.0952. The fourth-order valence-corrected chi connectivity index (χ4v) is 3.16. The first-order chi connectivity index (χ1) is 13.5. The maximum absolute atomic E-state index is 11.9. The van der Waals surface area contributed by atoms with Crippen LogP contribution in [0.25, 0.3) is 10.8 Å². The van der Waals surface area contributed by atoms with Gasteiger partial charge in [-0.1, -0.05) is 35.3 Å². The Morgan fingerprint density at radius 3 is 2.71 bits per heavy atom. The Morgan fingerprint density at radius 2 is 1.93 bits per heavy atom. The van der Waals surface area contributed by atoms with Crippen molar-refractivity contribution in [3.63, 3.8) is 0 Å². The number of hydrogen-bond acceptors (Lipinski definition) is 4. The topological polar surface area (TPSA) is 88.5 Å². The molecule has 0 aliphatic heterocycles. The van der Waals surface area contributed by atoms with E-state index >= 15 is 0 Å². The molecule has 28 heavy (non-hydrogen) atoms. The van der Waals surface area contributed by atoms with E-state index in [9.17, 15) is 9.59 Å². The molecule has 0 spiro atoms. The summed E-state index contributed by atoms with van der Waals surface area (Å²) in [5, 5.41) is 13.8. The predicted octanol–water partition coefficient (Wildman–Crippen LogP) is 4.92. The maximum atomic E-state index is 11.9. The lowest BCUT2D eigenvalue weighted by Crippen LogP contribution is -2.14. The van der Waals surface area contributed by atoms with Crippen molar-refractivity contribution in [1.29, 1.82) is 0 Å². The third-order valence-corrected chi connectivity index (χ3v) is 4.82. The zero-order valence-corrected chi connectivity index (χ0v) is 16.1. The Hall–Kier alpha value is -2.83. The Morgan fingerprint density at radius 1 is 1.11 bits per heavy atom. The normalized spacial score (nSPS) is 10.6. The van der Waals surface area contributed by atoms with Crippen molar-refractivity contribution < 1.29 is 19.4 Å². The van der Waals surface area contributed by atoms with Gasteiger partial charge < -0.3 is 15.2 Å². The molecule has 0 saturated carbocycles. The number of aliphatic carboxylic acids is 1. The van der Waals surface area contributed by atoms with Crippen LogP contribution in [0.3, 0.4) is 0 Å². The van der Waals surface area contributed by atoms with Gasteiger partial charge in [-0.25, -0.2) is 0 Å². The molecule has 0 aliphatic rings. The van der Waals surface area contributed by atoms with Crippen molar-refractivity contribution in [2.75, 3.05) is 5.32 Å². The predicted molar refractivity (Wildman–Crippen MR) is 108 cm³/mol. The number of anilines is 1. The molecule has 0 unspecified atom stereocenters. The maximum Gasteiger partial charge on any atom is 0.303 e. The second-order valence-electron chi connectivity index (χ2n) is 5.97. The SMILES string of the molecule is O=C(O)CCC(=O)Nc1ccc(Cl)c(COc2cccc3cnccc23)c1Cl. The van der Waals surface area contributed by atoms with Crippen LogP contribution in [0.4, 0.5) is 5.69 Å². The van der Waals surface area contributed by atoms with Gasteiger partial charge in [0, 0.05) is 40.2 Å². The summed E-state index contributed by atoms with van der Waals surface area (Å²) in [5.74, 6) is -0.834. The molecule has 0 atom stereocenters. The molecule has 1 aromatic heterocycles. The van der Waals surface area contributed by atoms with Crippen LogP contribution in [-0.2, 0) is 16.2 Å². The number of halogens is 2. The van der Waals surface area contributed by atoms with E-state index in [1.165, 1.54) is 0 Å². The van der Waals surface area contributed by atoms with Crippen LogP contribution in [0.1, 0.15) is 18.4 Å². The number of hydrogen-bond donors (Lipinski definition) is 2. The zero-order chi connectivity index (χ0) is 20.1. The molecular weight excluding hydrogens is 403 g/mol. The largest absolute Gasteiger partial charge is 0.488 e. The molecule has 0 saturated heterocycles. The first-order valence-electron chi connectivity index (χ1n) is 8.40. The van der Waals surface area contributed by atoms with Gasteiger partial charge in [-0.3, -0.25) is 14.6 Å². The van der Waals surface area contributed by atoms with Gasteiger partial charge in [0.15, 0.2) is 0 Å². The number of carboxylic acids is 1. The van der Waals surface area contributed by atoms with Crippen molar-refractivity contribution in [1.82, 2.24) is 4.98 Å². The highest BCUT2D eigenvalue weighted by atomic mass is 35.5. The number of amides is 1. The average Bonchev–Trinajstić information content (AvgIpc) is 2.68. The lowest BCUT2D eigenvalue weighted by Gasteiger charge is -2.14. The summed E-state index contributed by atoms with van der Waals surface area (Å²) in [6, 6.07) is 10.7. The fraction of sp³-hybridized carbons (Fsp3) is 0.150. The second-order valence-corrected chi connectivity index (χ2v) is 6.76. The third-order valence-electron chi connectivity index (χ3n) is 4.04. The molecule has 1 heterocycles. The first-order valence-corrected chi connectivity index (χ1v) is 9.15. The highest BCUT2D eigenvalue weighted by Gasteiger charge is 2.15. The number of carbonyl (C=O) groups excluding carboxylic acids is 1. The summed E-state index contributed by atoms with van der Waals surface area (Å²) in [6.07, 6.45) is 3.02. The van der Waals surface area contributed by atoms with Crippen LogP contribution >= 0.6 is 23.2 Å². The molecule has 0 aliphatic carbocycles. The third kappa shape index (κ3) is 4.71. The highest BCUT2D eigenvalue weighted by molar-refractivity contribution is 6.38. The van der Waals surface area contributed by atoms with Crippen molar-refractivity contribution in [3.05, 3.63) is 64.4 Å². The molecular formula is C20H16Cl2N2O4. The molecule has 3 rings (SSSR count). The van der Waals surface area contributed by atoms with Crippen LogP contribution in [0.5, 0.6) is 5.75 Å². The minimum Gasteiger partial charge on any atom is -0.488 e. The van der Waals surface area contributed by atoms with E-state index in [-0.39, 0.29) is 24.5 Å². The van der Waals surface area contributed by atoms with Crippen molar-refractivity contribution >= 4 is 51.5 Å². The number of carboxylic acid groups (broad SMARTS) is 1. The molecule has 2 aromatic carbocycles. The monoisotopic (exact) mass is 418 g/mol. The van der Waals surface area contributed by atoms with Crippen molar-refractivity contribution in [3.8, 4) is 5.75 Å². The van der Waals surface area contributed by atoms with Crippen molar-refractivity contribution in [2.24, 2.45) is 0 Å². The van der Waals surface area contributed by atoms with Gasteiger partial charge in [-0.15, -0.1) is 0 Å². The van der Waals surface area contributed by atoms with Crippen LogP contribution in [0.2, 0.25) is 10.0 Å². The van der Waals surface area contributed by atoms with Gasteiger partial charge in [-0.2, -0.15) is 0 Å². The van der Waals surface area contributed by atoms with Gasteiger partial charge in [0.2, 0.25) is 5.91 Å². The fourth-order valence-electron chi connectivity index (χ4n) is 2.63. The minimum atomic E-state index is -1.04. The number of carbonyl (C=O) groups is 2. The Kier molecular flexibility index (Phi) is 6.34. The summed E-state index contributed by atoms with van der Waals surface area (Å²) < 4.78 is 5.92. The number of aromatic nitrogens is 1. The van der Waals surface area contributed by atoms with Gasteiger partial charge >= 0.3 is 5.97 Å². The molecule has 0 radical (unpaired) electrons. The van der Waals surface area contributed by atoms with E-state index in [1.807, 2.05) is 24.3 Å². The first kappa shape index (κ1) is 19.9. The molecule has 6 nitrogen and oxygen atoms in total. The van der Waals surface area contributed by atoms with Gasteiger partial charge in [0.1, 0.15) is 12.4 Å². The van der Waals surface area contributed by atoms with E-state index in [4.69, 9.17) is 33.0 Å². The number of benzene rings is 2. The molecule has 3 aromatic rings. The van der Waals surface area contributed by atoms with E-state index in [1.54, 1.807) is 24.5 Å². The molecule has 1 amide bonds. The number of nitrogens with one attached hydrogen (secondary N) is 1. The van der Waals surface area contributed by atoms with E-state index in [0.29, 0.717) is 22.0 Å². The quantitative estimate of drug-likeness (QED) is 0.567. The highest BCUT2D eigenvalue weighted by Crippen LogP contribution is 2.34. The number of fused-ring (bicyclic) bond motifs is 1. The Bertz CT molecular complexity index is 1030. The number of pyridine rings is 1.